The normalized spacial score (nSPS) is 17.9. The van der Waals surface area contributed by atoms with Crippen LogP contribution < -0.4 is 10.2 Å². The van der Waals surface area contributed by atoms with E-state index >= 15 is 0 Å². The van der Waals surface area contributed by atoms with Gasteiger partial charge < -0.3 is 14.6 Å². The second-order valence-electron chi connectivity index (χ2n) is 6.57. The van der Waals surface area contributed by atoms with E-state index < -0.39 is 9.84 Å². The smallest absolute Gasteiger partial charge is 0.287 e. The molecule has 0 radical (unpaired) electrons. The van der Waals surface area contributed by atoms with E-state index in [4.69, 9.17) is 4.42 Å². The van der Waals surface area contributed by atoms with Crippen LogP contribution in [-0.4, -0.2) is 39.7 Å². The van der Waals surface area contributed by atoms with Crippen molar-refractivity contribution in [3.63, 3.8) is 0 Å². The molecule has 0 saturated carbocycles. The molecule has 1 saturated heterocycles. The predicted molar refractivity (Wildman–Crippen MR) is 96.4 cm³/mol. The first-order valence-corrected chi connectivity index (χ1v) is 10.4. The fourth-order valence-corrected chi connectivity index (χ4v) is 3.77. The molecule has 26 heavy (non-hydrogen) atoms. The van der Waals surface area contributed by atoms with Gasteiger partial charge in [0.15, 0.2) is 15.6 Å². The molecule has 8 heteroatoms. The van der Waals surface area contributed by atoms with E-state index in [0.29, 0.717) is 6.54 Å². The van der Waals surface area contributed by atoms with Crippen LogP contribution in [0, 0.1) is 5.82 Å². The number of piperidine rings is 1. The van der Waals surface area contributed by atoms with Crippen molar-refractivity contribution < 1.29 is 22.0 Å². The predicted octanol–water partition coefficient (Wildman–Crippen LogP) is 2.36. The highest BCUT2D eigenvalue weighted by Crippen LogP contribution is 2.21. The minimum atomic E-state index is -3.22. The van der Waals surface area contributed by atoms with Crippen molar-refractivity contribution in [1.82, 2.24) is 5.32 Å². The summed E-state index contributed by atoms with van der Waals surface area (Å²) in [7, 11) is -3.22. The lowest BCUT2D eigenvalue weighted by atomic mass is 10.0. The Morgan fingerprint density at radius 1 is 1.35 bits per heavy atom. The fourth-order valence-electron chi connectivity index (χ4n) is 3.09. The number of halogens is 1. The number of hydrogen-bond acceptors (Lipinski definition) is 5. The first-order chi connectivity index (χ1) is 12.3. The molecule has 1 aliphatic heterocycles. The molecule has 140 valence electrons. The standard InChI is InChI=1S/C18H21FN2O4S/c1-26(23,24)12-16-7-8-17(25-16)18(22)20-14-5-3-9-21(11-14)15-6-2-4-13(19)10-15/h2,4,6-8,10,14H,3,5,9,11-12H2,1H3,(H,20,22)/t14-/m1/s1. The largest absolute Gasteiger partial charge is 0.455 e. The van der Waals surface area contributed by atoms with E-state index in [1.807, 2.05) is 11.0 Å². The molecule has 0 unspecified atom stereocenters. The maximum Gasteiger partial charge on any atom is 0.287 e. The van der Waals surface area contributed by atoms with Crippen molar-refractivity contribution in [2.45, 2.75) is 24.6 Å². The van der Waals surface area contributed by atoms with Crippen LogP contribution in [0.5, 0.6) is 0 Å². The number of anilines is 1. The van der Waals surface area contributed by atoms with E-state index in [-0.39, 0.29) is 35.0 Å². The lowest BCUT2D eigenvalue weighted by Crippen LogP contribution is -2.47. The number of sulfone groups is 1. The van der Waals surface area contributed by atoms with Gasteiger partial charge in [-0.2, -0.15) is 0 Å². The first kappa shape index (κ1) is 18.4. The first-order valence-electron chi connectivity index (χ1n) is 8.38. The molecule has 1 amide bonds. The Morgan fingerprint density at radius 2 is 2.15 bits per heavy atom. The molecule has 1 fully saturated rings. The molecule has 1 N–H and O–H groups in total. The van der Waals surface area contributed by atoms with Crippen molar-refractivity contribution in [2.24, 2.45) is 0 Å². The minimum absolute atomic E-state index is 0.0894. The number of carbonyl (C=O) groups excluding carboxylic acids is 1. The quantitative estimate of drug-likeness (QED) is 0.861. The number of nitrogens with one attached hydrogen (secondary N) is 1. The average molecular weight is 380 g/mol. The van der Waals surface area contributed by atoms with Gasteiger partial charge in [0.25, 0.3) is 5.91 Å². The molecule has 2 heterocycles. The summed E-state index contributed by atoms with van der Waals surface area (Å²) in [6.07, 6.45) is 2.80. The number of rotatable bonds is 5. The van der Waals surface area contributed by atoms with Crippen LogP contribution in [0.2, 0.25) is 0 Å². The van der Waals surface area contributed by atoms with Crippen molar-refractivity contribution in [2.75, 3.05) is 24.2 Å². The molecule has 2 aromatic rings. The Bertz CT molecular complexity index is 894. The highest BCUT2D eigenvalue weighted by molar-refractivity contribution is 7.89. The summed E-state index contributed by atoms with van der Waals surface area (Å²) in [6.45, 7) is 1.38. The third-order valence-corrected chi connectivity index (χ3v) is 5.03. The minimum Gasteiger partial charge on any atom is -0.455 e. The Morgan fingerprint density at radius 3 is 2.88 bits per heavy atom. The van der Waals surface area contributed by atoms with Crippen molar-refractivity contribution in [3.05, 3.63) is 53.7 Å². The van der Waals surface area contributed by atoms with E-state index in [9.17, 15) is 17.6 Å². The van der Waals surface area contributed by atoms with Crippen LogP contribution >= 0.6 is 0 Å². The number of carbonyl (C=O) groups is 1. The van der Waals surface area contributed by atoms with E-state index in [1.54, 1.807) is 6.07 Å². The van der Waals surface area contributed by atoms with Gasteiger partial charge in [-0.1, -0.05) is 6.07 Å². The zero-order chi connectivity index (χ0) is 18.7. The molecule has 0 bridgehead atoms. The summed E-state index contributed by atoms with van der Waals surface area (Å²) in [6, 6.07) is 9.27. The number of hydrogen-bond donors (Lipinski definition) is 1. The van der Waals surface area contributed by atoms with Crippen molar-refractivity contribution in [1.29, 1.82) is 0 Å². The summed E-state index contributed by atoms with van der Waals surface area (Å²) in [5, 5.41) is 2.91. The van der Waals surface area contributed by atoms with Gasteiger partial charge in [-0.25, -0.2) is 12.8 Å². The molecule has 6 nitrogen and oxygen atoms in total. The Hall–Kier alpha value is -2.35. The molecule has 0 spiro atoms. The molecule has 1 atom stereocenters. The zero-order valence-corrected chi connectivity index (χ0v) is 15.3. The molecule has 3 rings (SSSR count). The molecule has 0 aliphatic carbocycles. The summed E-state index contributed by atoms with van der Waals surface area (Å²) in [5.74, 6) is -0.579. The number of nitrogens with zero attached hydrogens (tertiary/aromatic N) is 1. The third-order valence-electron chi connectivity index (χ3n) is 4.22. The molecule has 1 aromatic heterocycles. The van der Waals surface area contributed by atoms with Crippen LogP contribution in [0.4, 0.5) is 10.1 Å². The monoisotopic (exact) mass is 380 g/mol. The molecule has 1 aliphatic rings. The average Bonchev–Trinajstić information content (AvgIpc) is 3.02. The van der Waals surface area contributed by atoms with Crippen LogP contribution in [0.3, 0.4) is 0 Å². The summed E-state index contributed by atoms with van der Waals surface area (Å²) < 4.78 is 41.4. The van der Waals surface area contributed by atoms with Gasteiger partial charge >= 0.3 is 0 Å². The lowest BCUT2D eigenvalue weighted by Gasteiger charge is -2.34. The van der Waals surface area contributed by atoms with Gasteiger partial charge in [-0.3, -0.25) is 4.79 Å². The second-order valence-corrected chi connectivity index (χ2v) is 8.71. The van der Waals surface area contributed by atoms with Crippen LogP contribution in [0.15, 0.2) is 40.8 Å². The number of benzene rings is 1. The molecular formula is C18H21FN2O4S. The van der Waals surface area contributed by atoms with Gasteiger partial charge in [0.1, 0.15) is 17.3 Å². The van der Waals surface area contributed by atoms with Gasteiger partial charge in [-0.15, -0.1) is 0 Å². The van der Waals surface area contributed by atoms with E-state index in [0.717, 1.165) is 31.3 Å². The Kier molecular flexibility index (Phi) is 5.31. The summed E-state index contributed by atoms with van der Waals surface area (Å²) >= 11 is 0. The SMILES string of the molecule is CS(=O)(=O)Cc1ccc(C(=O)N[C@@H]2CCCN(c3cccc(F)c3)C2)o1. The Labute approximate surface area is 151 Å². The highest BCUT2D eigenvalue weighted by Gasteiger charge is 2.23. The maximum atomic E-state index is 13.4. The lowest BCUT2D eigenvalue weighted by molar-refractivity contribution is 0.0903. The van der Waals surface area contributed by atoms with E-state index in [2.05, 4.69) is 5.32 Å². The van der Waals surface area contributed by atoms with Gasteiger partial charge in [0, 0.05) is 31.1 Å². The van der Waals surface area contributed by atoms with Crippen LogP contribution in [-0.2, 0) is 15.6 Å². The van der Waals surface area contributed by atoms with Gasteiger partial charge in [0.2, 0.25) is 0 Å². The Balaban J connectivity index is 1.62. The summed E-state index contributed by atoms with van der Waals surface area (Å²) in [4.78, 5) is 14.4. The zero-order valence-electron chi connectivity index (χ0n) is 14.4. The third kappa shape index (κ3) is 4.85. The molecular weight excluding hydrogens is 359 g/mol. The number of furan rings is 1. The van der Waals surface area contributed by atoms with Gasteiger partial charge in [0.05, 0.1) is 0 Å². The fraction of sp³-hybridized carbons (Fsp3) is 0.389. The van der Waals surface area contributed by atoms with Crippen molar-refractivity contribution >= 4 is 21.4 Å². The van der Waals surface area contributed by atoms with Crippen LogP contribution in [0.1, 0.15) is 29.2 Å². The number of amides is 1. The van der Waals surface area contributed by atoms with Gasteiger partial charge in [-0.05, 0) is 43.2 Å². The summed E-state index contributed by atoms with van der Waals surface area (Å²) in [5.41, 5.74) is 0.789. The second kappa shape index (κ2) is 7.49. The topological polar surface area (TPSA) is 79.6 Å². The molecule has 1 aromatic carbocycles. The maximum absolute atomic E-state index is 13.4. The van der Waals surface area contributed by atoms with Crippen LogP contribution in [0.25, 0.3) is 0 Å². The van der Waals surface area contributed by atoms with Crippen molar-refractivity contribution in [3.8, 4) is 0 Å². The van der Waals surface area contributed by atoms with E-state index in [1.165, 1.54) is 24.3 Å². The highest BCUT2D eigenvalue weighted by atomic mass is 32.2.